The Morgan fingerprint density at radius 1 is 1.75 bits per heavy atom. The van der Waals surface area contributed by atoms with Crippen LogP contribution in [0.25, 0.3) is 0 Å². The van der Waals surface area contributed by atoms with E-state index in [2.05, 4.69) is 13.5 Å². The molecule has 1 nitrogen and oxygen atoms in total. The minimum absolute atomic E-state index is 0.382. The second kappa shape index (κ2) is 4.85. The number of rotatable bonds is 4. The van der Waals surface area contributed by atoms with Crippen LogP contribution in [0.15, 0.2) is 12.7 Å². The van der Waals surface area contributed by atoms with E-state index in [9.17, 15) is 0 Å². The highest BCUT2D eigenvalue weighted by atomic mass is 16.5. The predicted octanol–water partition coefficient (Wildman–Crippen LogP) is 1.99. The van der Waals surface area contributed by atoms with Crippen LogP contribution >= 0.6 is 0 Å². The van der Waals surface area contributed by atoms with Crippen molar-refractivity contribution in [2.45, 2.75) is 25.9 Å². The maximum absolute atomic E-state index is 5.07. The first kappa shape index (κ1) is 7.70. The Morgan fingerprint density at radius 2 is 2.38 bits per heavy atom. The van der Waals surface area contributed by atoms with Gasteiger partial charge in [0.25, 0.3) is 0 Å². The lowest BCUT2D eigenvalue weighted by Crippen LogP contribution is -2.06. The van der Waals surface area contributed by atoms with Crippen LogP contribution in [-0.4, -0.2) is 13.2 Å². The van der Waals surface area contributed by atoms with Gasteiger partial charge in [-0.25, -0.2) is 0 Å². The molecule has 0 rings (SSSR count). The van der Waals surface area contributed by atoms with Crippen molar-refractivity contribution in [3.63, 3.8) is 0 Å². The highest BCUT2D eigenvalue weighted by Crippen LogP contribution is 2.00. The molecular formula is C7H14O. The van der Waals surface area contributed by atoms with Crippen LogP contribution in [0.4, 0.5) is 0 Å². The quantitative estimate of drug-likeness (QED) is 0.508. The van der Waals surface area contributed by atoms with Gasteiger partial charge >= 0.3 is 0 Å². The van der Waals surface area contributed by atoms with Crippen molar-refractivity contribution >= 4 is 0 Å². The molecule has 0 N–H and O–H groups in total. The average molecular weight is 114 g/mol. The average Bonchev–Trinajstić information content (AvgIpc) is 1.83. The number of ether oxygens (including phenoxy) is 1. The van der Waals surface area contributed by atoms with E-state index in [1.54, 1.807) is 7.11 Å². The van der Waals surface area contributed by atoms with E-state index in [-0.39, 0.29) is 0 Å². The summed E-state index contributed by atoms with van der Waals surface area (Å²) in [7, 11) is 1.73. The first-order valence-corrected chi connectivity index (χ1v) is 2.98. The lowest BCUT2D eigenvalue weighted by molar-refractivity contribution is 0.102. The molecule has 0 amide bonds. The number of hydrogen-bond donors (Lipinski definition) is 0. The van der Waals surface area contributed by atoms with Crippen LogP contribution in [0, 0.1) is 0 Å². The molecule has 0 heterocycles. The van der Waals surface area contributed by atoms with E-state index in [1.807, 2.05) is 6.08 Å². The van der Waals surface area contributed by atoms with Gasteiger partial charge in [0.15, 0.2) is 0 Å². The highest BCUT2D eigenvalue weighted by Gasteiger charge is 1.97. The molecule has 1 unspecified atom stereocenters. The van der Waals surface area contributed by atoms with Gasteiger partial charge in [0.2, 0.25) is 0 Å². The van der Waals surface area contributed by atoms with Crippen molar-refractivity contribution in [1.82, 2.24) is 0 Å². The van der Waals surface area contributed by atoms with E-state index in [1.165, 1.54) is 0 Å². The lowest BCUT2D eigenvalue weighted by atomic mass is 10.2. The third kappa shape index (κ3) is 2.80. The second-order valence-electron chi connectivity index (χ2n) is 1.79. The summed E-state index contributed by atoms with van der Waals surface area (Å²) in [5.41, 5.74) is 0. The summed E-state index contributed by atoms with van der Waals surface area (Å²) in [6.07, 6.45) is 4.31. The molecule has 48 valence electrons. The molecule has 0 aliphatic rings. The summed E-state index contributed by atoms with van der Waals surface area (Å²) >= 11 is 0. The van der Waals surface area contributed by atoms with Gasteiger partial charge < -0.3 is 4.74 Å². The molecule has 0 fully saturated rings. The SMILES string of the molecule is C=CCC(CC)OC. The van der Waals surface area contributed by atoms with Crippen molar-refractivity contribution in [2.24, 2.45) is 0 Å². The van der Waals surface area contributed by atoms with Gasteiger partial charge in [0.1, 0.15) is 0 Å². The second-order valence-corrected chi connectivity index (χ2v) is 1.79. The van der Waals surface area contributed by atoms with Gasteiger partial charge in [-0.3, -0.25) is 0 Å². The molecule has 0 bridgehead atoms. The number of methoxy groups -OCH3 is 1. The zero-order valence-corrected chi connectivity index (χ0v) is 5.68. The standard InChI is InChI=1S/C7H14O/c1-4-6-7(5-2)8-3/h4,7H,1,5-6H2,2-3H3. The summed E-state index contributed by atoms with van der Waals surface area (Å²) in [5.74, 6) is 0. The molecule has 0 aromatic rings. The van der Waals surface area contributed by atoms with Gasteiger partial charge in [-0.05, 0) is 12.8 Å². The minimum atomic E-state index is 0.382. The van der Waals surface area contributed by atoms with Crippen LogP contribution in [0.5, 0.6) is 0 Å². The Balaban J connectivity index is 3.20. The van der Waals surface area contributed by atoms with Gasteiger partial charge in [-0.15, -0.1) is 6.58 Å². The zero-order valence-electron chi connectivity index (χ0n) is 5.68. The third-order valence-corrected chi connectivity index (χ3v) is 1.22. The van der Waals surface area contributed by atoms with Crippen LogP contribution in [0.1, 0.15) is 19.8 Å². The maximum Gasteiger partial charge on any atom is 0.0603 e. The summed E-state index contributed by atoms with van der Waals surface area (Å²) in [4.78, 5) is 0. The van der Waals surface area contributed by atoms with Crippen LogP contribution in [0.2, 0.25) is 0 Å². The summed E-state index contributed by atoms with van der Waals surface area (Å²) < 4.78 is 5.07. The lowest BCUT2D eigenvalue weighted by Gasteiger charge is -2.07. The molecule has 0 aliphatic carbocycles. The highest BCUT2D eigenvalue weighted by molar-refractivity contribution is 4.71. The monoisotopic (exact) mass is 114 g/mol. The Bertz CT molecular complexity index is 55.4. The Kier molecular flexibility index (Phi) is 4.67. The molecule has 0 aliphatic heterocycles. The Morgan fingerprint density at radius 3 is 2.50 bits per heavy atom. The van der Waals surface area contributed by atoms with Crippen LogP contribution < -0.4 is 0 Å². The van der Waals surface area contributed by atoms with E-state index >= 15 is 0 Å². The number of hydrogen-bond acceptors (Lipinski definition) is 1. The maximum atomic E-state index is 5.07. The largest absolute Gasteiger partial charge is 0.381 e. The van der Waals surface area contributed by atoms with Crippen LogP contribution in [0.3, 0.4) is 0 Å². The normalized spacial score (nSPS) is 13.2. The fraction of sp³-hybridized carbons (Fsp3) is 0.714. The molecule has 1 atom stereocenters. The van der Waals surface area contributed by atoms with Gasteiger partial charge in [0.05, 0.1) is 6.10 Å². The molecule has 0 aromatic carbocycles. The van der Waals surface area contributed by atoms with E-state index in [0.29, 0.717) is 6.10 Å². The molecular weight excluding hydrogens is 100 g/mol. The molecule has 0 aromatic heterocycles. The van der Waals surface area contributed by atoms with E-state index in [0.717, 1.165) is 12.8 Å². The van der Waals surface area contributed by atoms with Crippen molar-refractivity contribution in [3.05, 3.63) is 12.7 Å². The first-order chi connectivity index (χ1) is 3.85. The van der Waals surface area contributed by atoms with Crippen molar-refractivity contribution < 1.29 is 4.74 Å². The Hall–Kier alpha value is -0.300. The third-order valence-electron chi connectivity index (χ3n) is 1.22. The topological polar surface area (TPSA) is 9.23 Å². The fourth-order valence-electron chi connectivity index (χ4n) is 0.615. The minimum Gasteiger partial charge on any atom is -0.381 e. The molecule has 0 saturated carbocycles. The van der Waals surface area contributed by atoms with E-state index < -0.39 is 0 Å². The van der Waals surface area contributed by atoms with Crippen molar-refractivity contribution in [2.75, 3.05) is 7.11 Å². The molecule has 8 heavy (non-hydrogen) atoms. The van der Waals surface area contributed by atoms with Gasteiger partial charge in [-0.1, -0.05) is 13.0 Å². The molecule has 0 saturated heterocycles. The van der Waals surface area contributed by atoms with Gasteiger partial charge in [0, 0.05) is 7.11 Å². The molecule has 1 heteroatoms. The van der Waals surface area contributed by atoms with Crippen molar-refractivity contribution in [3.8, 4) is 0 Å². The van der Waals surface area contributed by atoms with Crippen molar-refractivity contribution in [1.29, 1.82) is 0 Å². The summed E-state index contributed by atoms with van der Waals surface area (Å²) in [6.45, 7) is 5.73. The first-order valence-electron chi connectivity index (χ1n) is 2.98. The Labute approximate surface area is 51.4 Å². The summed E-state index contributed by atoms with van der Waals surface area (Å²) in [6, 6.07) is 0. The smallest absolute Gasteiger partial charge is 0.0603 e. The van der Waals surface area contributed by atoms with E-state index in [4.69, 9.17) is 4.74 Å². The molecule has 0 spiro atoms. The van der Waals surface area contributed by atoms with Crippen LogP contribution in [-0.2, 0) is 4.74 Å². The zero-order chi connectivity index (χ0) is 6.41. The fourth-order valence-corrected chi connectivity index (χ4v) is 0.615. The summed E-state index contributed by atoms with van der Waals surface area (Å²) in [5, 5.41) is 0. The molecule has 0 radical (unpaired) electrons. The van der Waals surface area contributed by atoms with Gasteiger partial charge in [-0.2, -0.15) is 0 Å². The predicted molar refractivity (Wildman–Crippen MR) is 35.9 cm³/mol.